The van der Waals surface area contributed by atoms with Crippen molar-refractivity contribution in [3.63, 3.8) is 0 Å². The Bertz CT molecular complexity index is 843. The van der Waals surface area contributed by atoms with Gasteiger partial charge in [-0.2, -0.15) is 4.37 Å². The summed E-state index contributed by atoms with van der Waals surface area (Å²) >= 11 is 1.50. The molecule has 2 saturated heterocycles. The highest BCUT2D eigenvalue weighted by Crippen LogP contribution is 2.20. The lowest BCUT2D eigenvalue weighted by molar-refractivity contribution is 0.122. The molecule has 2 aliphatic rings. The number of piperazine rings is 1. The van der Waals surface area contributed by atoms with Gasteiger partial charge in [-0.3, -0.25) is 4.99 Å². The molecule has 4 heterocycles. The molecule has 2 aliphatic heterocycles. The molecule has 10 heteroatoms. The number of nitrogens with zero attached hydrogens (tertiary/aromatic N) is 7. The van der Waals surface area contributed by atoms with Gasteiger partial charge < -0.3 is 24.8 Å². The van der Waals surface area contributed by atoms with E-state index in [0.717, 1.165) is 81.6 Å². The summed E-state index contributed by atoms with van der Waals surface area (Å²) in [6.07, 6.45) is 2.74. The largest absolute Gasteiger partial charge is 0.378 e. The van der Waals surface area contributed by atoms with Gasteiger partial charge in [-0.05, 0) is 6.07 Å². The van der Waals surface area contributed by atoms with Crippen LogP contribution in [0.5, 0.6) is 0 Å². The van der Waals surface area contributed by atoms with E-state index in [1.54, 1.807) is 0 Å². The predicted octanol–water partition coefficient (Wildman–Crippen LogP) is 1.23. The Morgan fingerprint density at radius 2 is 1.97 bits per heavy atom. The lowest BCUT2D eigenvalue weighted by Crippen LogP contribution is -2.52. The van der Waals surface area contributed by atoms with E-state index in [1.807, 2.05) is 19.3 Å². The molecule has 0 bridgehead atoms. The Labute approximate surface area is 181 Å². The van der Waals surface area contributed by atoms with Crippen LogP contribution in [-0.2, 0) is 17.7 Å². The van der Waals surface area contributed by atoms with Crippen LogP contribution >= 0.6 is 11.5 Å². The van der Waals surface area contributed by atoms with Crippen LogP contribution < -0.4 is 15.1 Å². The molecule has 30 heavy (non-hydrogen) atoms. The van der Waals surface area contributed by atoms with E-state index in [0.29, 0.717) is 6.54 Å². The molecule has 2 fully saturated rings. The molecule has 2 aromatic rings. The fourth-order valence-electron chi connectivity index (χ4n) is 3.76. The monoisotopic (exact) mass is 430 g/mol. The molecule has 2 aromatic heterocycles. The number of morpholine rings is 1. The molecule has 1 N–H and O–H groups in total. The van der Waals surface area contributed by atoms with Gasteiger partial charge in [0.05, 0.1) is 13.2 Å². The van der Waals surface area contributed by atoms with Crippen molar-refractivity contribution >= 4 is 28.4 Å². The zero-order chi connectivity index (χ0) is 20.8. The van der Waals surface area contributed by atoms with E-state index in [4.69, 9.17) is 4.74 Å². The second-order valence-electron chi connectivity index (χ2n) is 7.31. The van der Waals surface area contributed by atoms with Gasteiger partial charge in [-0.25, -0.2) is 9.97 Å². The molecule has 0 aliphatic carbocycles. The summed E-state index contributed by atoms with van der Waals surface area (Å²) in [5.41, 5.74) is 1.18. The minimum Gasteiger partial charge on any atom is -0.378 e. The first kappa shape index (κ1) is 20.8. The van der Waals surface area contributed by atoms with Crippen molar-refractivity contribution in [2.45, 2.75) is 19.9 Å². The number of aromatic nitrogens is 3. The molecular weight excluding hydrogens is 400 g/mol. The second-order valence-corrected chi connectivity index (χ2v) is 8.04. The average Bonchev–Trinajstić information content (AvgIpc) is 3.30. The molecular formula is C20H30N8OS. The van der Waals surface area contributed by atoms with Crippen LogP contribution in [0.25, 0.3) is 0 Å². The first-order valence-electron chi connectivity index (χ1n) is 10.6. The van der Waals surface area contributed by atoms with E-state index in [-0.39, 0.29) is 0 Å². The molecule has 0 saturated carbocycles. The molecule has 162 valence electrons. The number of rotatable bonds is 5. The van der Waals surface area contributed by atoms with Crippen LogP contribution in [0.2, 0.25) is 0 Å². The number of nitrogens with one attached hydrogen (secondary N) is 1. The summed E-state index contributed by atoms with van der Waals surface area (Å²) in [6.45, 7) is 9.71. The van der Waals surface area contributed by atoms with Crippen LogP contribution in [0.3, 0.4) is 0 Å². The Morgan fingerprint density at radius 3 is 2.67 bits per heavy atom. The SMILES string of the molecule is CCc1nsc(N2CCN(C(=NC)NCc3cccnc3N3CCOCC3)CC2)n1. The number of hydrogen-bond donors (Lipinski definition) is 1. The number of pyridine rings is 1. The zero-order valence-electron chi connectivity index (χ0n) is 17.8. The maximum Gasteiger partial charge on any atom is 0.205 e. The van der Waals surface area contributed by atoms with Gasteiger partial charge >= 0.3 is 0 Å². The Morgan fingerprint density at radius 1 is 1.17 bits per heavy atom. The lowest BCUT2D eigenvalue weighted by Gasteiger charge is -2.36. The third kappa shape index (κ3) is 4.81. The third-order valence-corrected chi connectivity index (χ3v) is 6.27. The van der Waals surface area contributed by atoms with Crippen molar-refractivity contribution in [1.29, 1.82) is 0 Å². The number of anilines is 2. The van der Waals surface area contributed by atoms with Crippen LogP contribution in [0, 0.1) is 0 Å². The maximum absolute atomic E-state index is 5.48. The lowest BCUT2D eigenvalue weighted by atomic mass is 10.2. The standard InChI is InChI=1S/C20H30N8OS/c1-3-17-24-20(30-25-17)28-9-7-27(8-10-28)19(21-2)23-15-16-5-4-6-22-18(16)26-11-13-29-14-12-26/h4-6H,3,7-15H2,1-2H3,(H,21,23). The molecule has 0 amide bonds. The smallest absolute Gasteiger partial charge is 0.205 e. The topological polar surface area (TPSA) is 82.0 Å². The van der Waals surface area contributed by atoms with E-state index < -0.39 is 0 Å². The van der Waals surface area contributed by atoms with Crippen LogP contribution in [0.1, 0.15) is 18.3 Å². The highest BCUT2D eigenvalue weighted by atomic mass is 32.1. The second kappa shape index (κ2) is 10.0. The van der Waals surface area contributed by atoms with Crippen molar-refractivity contribution in [2.75, 3.05) is 69.3 Å². The van der Waals surface area contributed by atoms with Crippen molar-refractivity contribution < 1.29 is 4.74 Å². The first-order chi connectivity index (χ1) is 14.8. The highest BCUT2D eigenvalue weighted by Gasteiger charge is 2.22. The minimum absolute atomic E-state index is 0.698. The Hall–Kier alpha value is -2.46. The maximum atomic E-state index is 5.48. The van der Waals surface area contributed by atoms with Crippen molar-refractivity contribution in [2.24, 2.45) is 4.99 Å². The average molecular weight is 431 g/mol. The van der Waals surface area contributed by atoms with Crippen molar-refractivity contribution in [3.05, 3.63) is 29.7 Å². The molecule has 9 nitrogen and oxygen atoms in total. The molecule has 0 atom stereocenters. The summed E-state index contributed by atoms with van der Waals surface area (Å²) in [5.74, 6) is 2.90. The fourth-order valence-corrected chi connectivity index (χ4v) is 4.56. The Balaban J connectivity index is 1.34. The highest BCUT2D eigenvalue weighted by molar-refractivity contribution is 7.09. The van der Waals surface area contributed by atoms with Gasteiger partial charge in [0, 0.05) is 82.6 Å². The van der Waals surface area contributed by atoms with Crippen molar-refractivity contribution in [1.82, 2.24) is 24.6 Å². The predicted molar refractivity (Wildman–Crippen MR) is 121 cm³/mol. The number of aliphatic imine (C=N–C) groups is 1. The summed E-state index contributed by atoms with van der Waals surface area (Å²) in [5, 5.41) is 4.56. The van der Waals surface area contributed by atoms with Crippen LogP contribution in [-0.4, -0.2) is 84.7 Å². The van der Waals surface area contributed by atoms with E-state index in [2.05, 4.69) is 52.3 Å². The summed E-state index contributed by atoms with van der Waals surface area (Å²) in [4.78, 5) is 20.7. The molecule has 0 radical (unpaired) electrons. The van der Waals surface area contributed by atoms with Gasteiger partial charge in [0.2, 0.25) is 5.13 Å². The van der Waals surface area contributed by atoms with Crippen LogP contribution in [0.15, 0.2) is 23.3 Å². The quantitative estimate of drug-likeness (QED) is 0.560. The summed E-state index contributed by atoms with van der Waals surface area (Å²) in [7, 11) is 1.85. The molecule has 4 rings (SSSR count). The number of aryl methyl sites for hydroxylation is 1. The van der Waals surface area contributed by atoms with Gasteiger partial charge in [-0.1, -0.05) is 13.0 Å². The van der Waals surface area contributed by atoms with Gasteiger partial charge in [-0.15, -0.1) is 0 Å². The first-order valence-corrected chi connectivity index (χ1v) is 11.4. The summed E-state index contributed by atoms with van der Waals surface area (Å²) < 4.78 is 9.89. The molecule has 0 aromatic carbocycles. The number of guanidine groups is 1. The van der Waals surface area contributed by atoms with Gasteiger partial charge in [0.15, 0.2) is 5.96 Å². The van der Waals surface area contributed by atoms with Crippen molar-refractivity contribution in [3.8, 4) is 0 Å². The van der Waals surface area contributed by atoms with E-state index in [9.17, 15) is 0 Å². The third-order valence-electron chi connectivity index (χ3n) is 5.45. The normalized spacial score (nSPS) is 18.1. The number of hydrogen-bond acceptors (Lipinski definition) is 8. The van der Waals surface area contributed by atoms with Crippen LogP contribution in [0.4, 0.5) is 10.9 Å². The minimum atomic E-state index is 0.698. The Kier molecular flexibility index (Phi) is 6.96. The van der Waals surface area contributed by atoms with E-state index in [1.165, 1.54) is 17.1 Å². The fraction of sp³-hybridized carbons (Fsp3) is 0.600. The summed E-state index contributed by atoms with van der Waals surface area (Å²) in [6, 6.07) is 4.13. The molecule has 0 unspecified atom stereocenters. The van der Waals surface area contributed by atoms with E-state index >= 15 is 0 Å². The zero-order valence-corrected chi connectivity index (χ0v) is 18.6. The van der Waals surface area contributed by atoms with Gasteiger partial charge in [0.25, 0.3) is 0 Å². The number of ether oxygens (including phenoxy) is 1. The van der Waals surface area contributed by atoms with Gasteiger partial charge in [0.1, 0.15) is 11.6 Å². The molecule has 0 spiro atoms.